The lowest BCUT2D eigenvalue weighted by Gasteiger charge is -2.11. The maximum Gasteiger partial charge on any atom is 0.343 e. The molecule has 0 radical (unpaired) electrons. The fourth-order valence-corrected chi connectivity index (χ4v) is 3.72. The molecule has 0 bridgehead atoms. The molecule has 0 aliphatic rings. The van der Waals surface area contributed by atoms with E-state index in [0.29, 0.717) is 15.7 Å². The van der Waals surface area contributed by atoms with Gasteiger partial charge in [-0.05, 0) is 84.9 Å². The molecule has 0 saturated carbocycles. The van der Waals surface area contributed by atoms with Gasteiger partial charge in [0.2, 0.25) is 0 Å². The molecule has 41 heavy (non-hydrogen) atoms. The highest BCUT2D eigenvalue weighted by atomic mass is 79.9. The molecule has 4 aromatic carbocycles. The van der Waals surface area contributed by atoms with Gasteiger partial charge in [0.1, 0.15) is 11.5 Å². The minimum atomic E-state index is -1.03. The number of esters is 2. The first-order valence-electron chi connectivity index (χ1n) is 11.7. The van der Waals surface area contributed by atoms with Gasteiger partial charge in [0.25, 0.3) is 0 Å². The third-order valence-electron chi connectivity index (χ3n) is 5.24. The van der Waals surface area contributed by atoms with Crippen LogP contribution < -0.4 is 20.2 Å². The second kappa shape index (κ2) is 13.7. The number of nitrogens with one attached hydrogen (secondary N) is 2. The van der Waals surface area contributed by atoms with Gasteiger partial charge in [-0.25, -0.2) is 15.0 Å². The molecule has 206 valence electrons. The number of amides is 2. The lowest BCUT2D eigenvalue weighted by atomic mass is 10.2. The van der Waals surface area contributed by atoms with Crippen LogP contribution in [0.1, 0.15) is 26.3 Å². The van der Waals surface area contributed by atoms with Gasteiger partial charge < -0.3 is 14.8 Å². The third kappa shape index (κ3) is 8.49. The maximum absolute atomic E-state index is 12.8. The Hall–Kier alpha value is -4.51. The number of rotatable bonds is 7. The third-order valence-corrected chi connectivity index (χ3v) is 6.27. The van der Waals surface area contributed by atoms with Crippen molar-refractivity contribution in [3.05, 3.63) is 122 Å². The first-order valence-corrected chi connectivity index (χ1v) is 13.2. The van der Waals surface area contributed by atoms with Crippen molar-refractivity contribution >= 4 is 74.8 Å². The fraction of sp³-hybridized carbons (Fsp3) is 0. The van der Waals surface area contributed by atoms with Crippen LogP contribution in [-0.2, 0) is 9.59 Å². The lowest BCUT2D eigenvalue weighted by molar-refractivity contribution is -0.136. The predicted octanol–water partition coefficient (Wildman–Crippen LogP) is 6.28. The van der Waals surface area contributed by atoms with Gasteiger partial charge in [-0.2, -0.15) is 5.10 Å². The summed E-state index contributed by atoms with van der Waals surface area (Å²) in [6.45, 7) is 0. The Bertz CT molecular complexity index is 1630. The number of anilines is 1. The Morgan fingerprint density at radius 1 is 0.707 bits per heavy atom. The van der Waals surface area contributed by atoms with Crippen LogP contribution >= 0.6 is 39.1 Å². The monoisotopic (exact) mass is 653 g/mol. The van der Waals surface area contributed by atoms with Crippen molar-refractivity contribution in [2.75, 3.05) is 5.32 Å². The SMILES string of the molecule is O=C(N/N=C\c1ccc(OC(=O)c2ccc(Cl)cc2)cc1OC(=O)c1ccc(Cl)cc1)C(=O)Nc1ccc(Br)cc1. The van der Waals surface area contributed by atoms with Gasteiger partial charge in [-0.3, -0.25) is 9.59 Å². The summed E-state index contributed by atoms with van der Waals surface area (Å²) in [5, 5.41) is 7.13. The number of nitrogens with zero attached hydrogens (tertiary/aromatic N) is 1. The van der Waals surface area contributed by atoms with Crippen LogP contribution in [0.4, 0.5) is 5.69 Å². The van der Waals surface area contributed by atoms with Gasteiger partial charge in [-0.15, -0.1) is 0 Å². The Labute approximate surface area is 252 Å². The topological polar surface area (TPSA) is 123 Å². The van der Waals surface area contributed by atoms with Crippen molar-refractivity contribution in [3.8, 4) is 11.5 Å². The quantitative estimate of drug-likeness (QED) is 0.0795. The highest BCUT2D eigenvalue weighted by Crippen LogP contribution is 2.26. The number of halogens is 3. The Balaban J connectivity index is 1.51. The van der Waals surface area contributed by atoms with E-state index in [4.69, 9.17) is 32.7 Å². The molecular weight excluding hydrogens is 637 g/mol. The molecule has 2 amide bonds. The number of benzene rings is 4. The first-order chi connectivity index (χ1) is 19.7. The first kappa shape index (κ1) is 29.5. The molecule has 9 nitrogen and oxygen atoms in total. The van der Waals surface area contributed by atoms with Gasteiger partial charge >= 0.3 is 23.8 Å². The summed E-state index contributed by atoms with van der Waals surface area (Å²) in [5.74, 6) is -3.33. The summed E-state index contributed by atoms with van der Waals surface area (Å²) in [7, 11) is 0. The van der Waals surface area contributed by atoms with Crippen LogP contribution in [0.15, 0.2) is 101 Å². The zero-order valence-corrected chi connectivity index (χ0v) is 23.9. The molecule has 0 spiro atoms. The Morgan fingerprint density at radius 2 is 1.27 bits per heavy atom. The van der Waals surface area contributed by atoms with Gasteiger partial charge in [0, 0.05) is 31.8 Å². The molecule has 0 fully saturated rings. The zero-order chi connectivity index (χ0) is 29.4. The van der Waals surface area contributed by atoms with E-state index in [-0.39, 0.29) is 28.2 Å². The van der Waals surface area contributed by atoms with E-state index in [1.165, 1.54) is 60.8 Å². The van der Waals surface area contributed by atoms with E-state index >= 15 is 0 Å². The van der Waals surface area contributed by atoms with E-state index in [2.05, 4.69) is 31.8 Å². The van der Waals surface area contributed by atoms with Crippen LogP contribution in [0, 0.1) is 0 Å². The lowest BCUT2D eigenvalue weighted by Crippen LogP contribution is -2.32. The van der Waals surface area contributed by atoms with Crippen molar-refractivity contribution in [2.45, 2.75) is 0 Å². The van der Waals surface area contributed by atoms with Gasteiger partial charge in [0.05, 0.1) is 17.3 Å². The highest BCUT2D eigenvalue weighted by Gasteiger charge is 2.16. The molecule has 0 aliphatic carbocycles. The minimum absolute atomic E-state index is 0.0383. The summed E-state index contributed by atoms with van der Waals surface area (Å²) >= 11 is 15.1. The van der Waals surface area contributed by atoms with Crippen LogP contribution in [-0.4, -0.2) is 30.0 Å². The number of carbonyl (C=O) groups excluding carboxylic acids is 4. The minimum Gasteiger partial charge on any atom is -0.423 e. The number of hydrogen-bond donors (Lipinski definition) is 2. The van der Waals surface area contributed by atoms with E-state index in [1.54, 1.807) is 36.4 Å². The molecule has 4 aromatic rings. The standard InChI is InChI=1S/C29H18BrCl2N3O6/c30-20-6-12-23(13-7-20)34-26(36)27(37)35-33-16-19-5-14-24(40-28(38)17-1-8-21(31)9-2-17)15-25(19)41-29(39)18-3-10-22(32)11-4-18/h1-16H,(H,34,36)(H,35,37)/b33-16-. The molecular formula is C29H18BrCl2N3O6. The van der Waals surface area contributed by atoms with E-state index < -0.39 is 23.8 Å². The molecule has 0 heterocycles. The molecule has 0 unspecified atom stereocenters. The van der Waals surface area contributed by atoms with Crippen LogP contribution in [0.2, 0.25) is 10.0 Å². The molecule has 4 rings (SSSR count). The summed E-state index contributed by atoms with van der Waals surface area (Å²) in [4.78, 5) is 49.7. The highest BCUT2D eigenvalue weighted by molar-refractivity contribution is 9.10. The summed E-state index contributed by atoms with van der Waals surface area (Å²) < 4.78 is 11.8. The summed E-state index contributed by atoms with van der Waals surface area (Å²) in [5.41, 5.74) is 3.22. The molecule has 2 N–H and O–H groups in total. The van der Waals surface area contributed by atoms with Gasteiger partial charge in [0.15, 0.2) is 0 Å². The Morgan fingerprint density at radius 3 is 1.85 bits per heavy atom. The van der Waals surface area contributed by atoms with Crippen molar-refractivity contribution in [1.82, 2.24) is 5.43 Å². The zero-order valence-electron chi connectivity index (χ0n) is 20.8. The number of ether oxygens (including phenoxy) is 2. The van der Waals surface area contributed by atoms with Crippen LogP contribution in [0.25, 0.3) is 0 Å². The van der Waals surface area contributed by atoms with E-state index in [1.807, 2.05) is 0 Å². The van der Waals surface area contributed by atoms with E-state index in [9.17, 15) is 19.2 Å². The fourth-order valence-electron chi connectivity index (χ4n) is 3.20. The second-order valence-corrected chi connectivity index (χ2v) is 9.94. The van der Waals surface area contributed by atoms with Crippen LogP contribution in [0.5, 0.6) is 11.5 Å². The molecule has 0 aromatic heterocycles. The number of carbonyl (C=O) groups is 4. The molecule has 0 saturated heterocycles. The average molecular weight is 655 g/mol. The van der Waals surface area contributed by atoms with Crippen molar-refractivity contribution in [1.29, 1.82) is 0 Å². The molecule has 0 atom stereocenters. The largest absolute Gasteiger partial charge is 0.423 e. The van der Waals surface area contributed by atoms with Gasteiger partial charge in [-0.1, -0.05) is 39.1 Å². The van der Waals surface area contributed by atoms with Crippen molar-refractivity contribution in [2.24, 2.45) is 5.10 Å². The maximum atomic E-state index is 12.8. The van der Waals surface area contributed by atoms with Crippen molar-refractivity contribution < 1.29 is 28.7 Å². The Kier molecular flexibility index (Phi) is 9.86. The van der Waals surface area contributed by atoms with Crippen LogP contribution in [0.3, 0.4) is 0 Å². The van der Waals surface area contributed by atoms with Crippen molar-refractivity contribution in [3.63, 3.8) is 0 Å². The summed E-state index contributed by atoms with van der Waals surface area (Å²) in [6, 6.07) is 22.9. The van der Waals surface area contributed by atoms with E-state index in [0.717, 1.165) is 4.47 Å². The number of hydrazone groups is 1. The molecule has 0 aliphatic heterocycles. The number of hydrogen-bond acceptors (Lipinski definition) is 7. The molecule has 12 heteroatoms. The average Bonchev–Trinajstić information content (AvgIpc) is 2.96. The summed E-state index contributed by atoms with van der Waals surface area (Å²) in [6.07, 6.45) is 1.17. The second-order valence-electron chi connectivity index (χ2n) is 8.15. The normalized spacial score (nSPS) is 10.6. The predicted molar refractivity (Wildman–Crippen MR) is 158 cm³/mol. The smallest absolute Gasteiger partial charge is 0.343 e.